The highest BCUT2D eigenvalue weighted by atomic mass is 35.5. The summed E-state index contributed by atoms with van der Waals surface area (Å²) in [5, 5.41) is 3.65. The monoisotopic (exact) mass is 317 g/mol. The SMILES string of the molecule is Cl.N[C@H]1CCc2nc(NC(=O)C3CCCOC3)sc2C1. The molecule has 0 aromatic carbocycles. The Bertz CT molecular complexity index is 474. The van der Waals surface area contributed by atoms with Crippen molar-refractivity contribution in [3.05, 3.63) is 10.6 Å². The van der Waals surface area contributed by atoms with Crippen LogP contribution in [0.3, 0.4) is 0 Å². The molecule has 3 N–H and O–H groups in total. The maximum absolute atomic E-state index is 12.1. The molecule has 3 rings (SSSR count). The maximum Gasteiger partial charge on any atom is 0.231 e. The molecule has 5 nitrogen and oxygen atoms in total. The van der Waals surface area contributed by atoms with Gasteiger partial charge >= 0.3 is 0 Å². The molecule has 1 aliphatic carbocycles. The summed E-state index contributed by atoms with van der Waals surface area (Å²) >= 11 is 1.57. The van der Waals surface area contributed by atoms with Crippen molar-refractivity contribution in [3.63, 3.8) is 0 Å². The molecule has 1 unspecified atom stereocenters. The van der Waals surface area contributed by atoms with E-state index in [1.807, 2.05) is 0 Å². The summed E-state index contributed by atoms with van der Waals surface area (Å²) in [6, 6.07) is 0.239. The molecule has 0 bridgehead atoms. The van der Waals surface area contributed by atoms with Crippen LogP contribution in [0, 0.1) is 5.92 Å². The number of nitrogens with two attached hydrogens (primary N) is 1. The summed E-state index contributed by atoms with van der Waals surface area (Å²) < 4.78 is 5.34. The fourth-order valence-corrected chi connectivity index (χ4v) is 3.71. The van der Waals surface area contributed by atoms with Crippen molar-refractivity contribution in [1.29, 1.82) is 0 Å². The molecule has 0 saturated carbocycles. The molecule has 1 saturated heterocycles. The topological polar surface area (TPSA) is 77.2 Å². The van der Waals surface area contributed by atoms with Gasteiger partial charge in [-0.2, -0.15) is 0 Å². The number of carbonyl (C=O) groups is 1. The van der Waals surface area contributed by atoms with E-state index in [4.69, 9.17) is 10.5 Å². The fourth-order valence-electron chi connectivity index (χ4n) is 2.61. The van der Waals surface area contributed by atoms with Gasteiger partial charge in [0, 0.05) is 17.5 Å². The lowest BCUT2D eigenvalue weighted by molar-refractivity contribution is -0.123. The van der Waals surface area contributed by atoms with Crippen molar-refractivity contribution >= 4 is 34.8 Å². The van der Waals surface area contributed by atoms with Crippen molar-refractivity contribution in [2.45, 2.75) is 38.1 Å². The van der Waals surface area contributed by atoms with E-state index in [9.17, 15) is 4.79 Å². The average Bonchev–Trinajstić information content (AvgIpc) is 2.81. The van der Waals surface area contributed by atoms with E-state index in [0.717, 1.165) is 49.5 Å². The van der Waals surface area contributed by atoms with Crippen molar-refractivity contribution in [3.8, 4) is 0 Å². The molecule has 1 aromatic rings. The third kappa shape index (κ3) is 3.49. The summed E-state index contributed by atoms with van der Waals surface area (Å²) in [4.78, 5) is 17.8. The summed E-state index contributed by atoms with van der Waals surface area (Å²) in [6.07, 6.45) is 4.66. The first-order valence-electron chi connectivity index (χ1n) is 6.85. The van der Waals surface area contributed by atoms with E-state index < -0.39 is 0 Å². The number of amides is 1. The normalized spacial score (nSPS) is 25.4. The lowest BCUT2D eigenvalue weighted by Gasteiger charge is -2.20. The number of nitrogens with zero attached hydrogens (tertiary/aromatic N) is 1. The molecule has 1 aromatic heterocycles. The molecule has 0 spiro atoms. The molecule has 2 aliphatic rings. The molecular formula is C13H20ClN3O2S. The number of anilines is 1. The average molecular weight is 318 g/mol. The molecule has 112 valence electrons. The smallest absolute Gasteiger partial charge is 0.231 e. The number of nitrogens with one attached hydrogen (secondary N) is 1. The van der Waals surface area contributed by atoms with Gasteiger partial charge in [-0.1, -0.05) is 0 Å². The van der Waals surface area contributed by atoms with Gasteiger partial charge in [-0.3, -0.25) is 4.79 Å². The van der Waals surface area contributed by atoms with E-state index >= 15 is 0 Å². The number of halogens is 1. The Morgan fingerprint density at radius 3 is 3.05 bits per heavy atom. The van der Waals surface area contributed by atoms with Crippen LogP contribution in [0.1, 0.15) is 29.8 Å². The van der Waals surface area contributed by atoms with Crippen LogP contribution in [0.2, 0.25) is 0 Å². The van der Waals surface area contributed by atoms with E-state index in [1.54, 1.807) is 11.3 Å². The van der Waals surface area contributed by atoms with Gasteiger partial charge in [0.05, 0.1) is 18.2 Å². The van der Waals surface area contributed by atoms with Crippen molar-refractivity contribution in [2.75, 3.05) is 18.5 Å². The molecule has 2 atom stereocenters. The summed E-state index contributed by atoms with van der Waals surface area (Å²) in [7, 11) is 0. The van der Waals surface area contributed by atoms with Gasteiger partial charge in [0.2, 0.25) is 5.91 Å². The number of hydrogen-bond donors (Lipinski definition) is 2. The zero-order chi connectivity index (χ0) is 13.2. The van der Waals surface area contributed by atoms with Gasteiger partial charge in [-0.25, -0.2) is 4.98 Å². The van der Waals surface area contributed by atoms with Gasteiger partial charge in [-0.15, -0.1) is 23.7 Å². The van der Waals surface area contributed by atoms with Crippen LogP contribution < -0.4 is 11.1 Å². The minimum Gasteiger partial charge on any atom is -0.381 e. The van der Waals surface area contributed by atoms with Crippen molar-refractivity contribution in [1.82, 2.24) is 4.98 Å². The number of ether oxygens (including phenoxy) is 1. The lowest BCUT2D eigenvalue weighted by atomic mass is 9.99. The number of hydrogen-bond acceptors (Lipinski definition) is 5. The van der Waals surface area contributed by atoms with Crippen LogP contribution in [0.5, 0.6) is 0 Å². The second kappa shape index (κ2) is 6.85. The third-order valence-corrected chi connectivity index (χ3v) is 4.77. The first kappa shape index (κ1) is 15.7. The van der Waals surface area contributed by atoms with Crippen LogP contribution in [0.25, 0.3) is 0 Å². The fraction of sp³-hybridized carbons (Fsp3) is 0.692. The van der Waals surface area contributed by atoms with E-state index in [2.05, 4.69) is 10.3 Å². The molecule has 20 heavy (non-hydrogen) atoms. The van der Waals surface area contributed by atoms with Crippen molar-refractivity contribution in [2.24, 2.45) is 11.7 Å². The van der Waals surface area contributed by atoms with Gasteiger partial charge in [0.1, 0.15) is 0 Å². The third-order valence-electron chi connectivity index (χ3n) is 3.74. The summed E-state index contributed by atoms with van der Waals surface area (Å²) in [5.74, 6) is 0.00651. The zero-order valence-electron chi connectivity index (χ0n) is 11.3. The standard InChI is InChI=1S/C13H19N3O2S.ClH/c14-9-3-4-10-11(6-9)19-13(15-10)16-12(17)8-2-1-5-18-7-8;/h8-9H,1-7,14H2,(H,15,16,17);1H/t8?,9-;/m0./s1. The number of thiazole rings is 1. The Labute approximate surface area is 128 Å². The Morgan fingerprint density at radius 1 is 1.45 bits per heavy atom. The Hall–Kier alpha value is -0.690. The molecule has 0 radical (unpaired) electrons. The maximum atomic E-state index is 12.1. The van der Waals surface area contributed by atoms with E-state index in [-0.39, 0.29) is 30.3 Å². The summed E-state index contributed by atoms with van der Waals surface area (Å²) in [6.45, 7) is 1.30. The Balaban J connectivity index is 0.00000147. The Morgan fingerprint density at radius 2 is 2.30 bits per heavy atom. The minimum atomic E-state index is -0.0306. The van der Waals surface area contributed by atoms with Crippen LogP contribution in [-0.2, 0) is 22.4 Å². The first-order chi connectivity index (χ1) is 9.22. The predicted molar refractivity (Wildman–Crippen MR) is 81.5 cm³/mol. The van der Waals surface area contributed by atoms with Crippen LogP contribution in [0.4, 0.5) is 5.13 Å². The number of rotatable bonds is 2. The van der Waals surface area contributed by atoms with Gasteiger partial charge in [-0.05, 0) is 32.1 Å². The highest BCUT2D eigenvalue weighted by Gasteiger charge is 2.24. The van der Waals surface area contributed by atoms with E-state index in [1.165, 1.54) is 4.88 Å². The quantitative estimate of drug-likeness (QED) is 0.871. The highest BCUT2D eigenvalue weighted by molar-refractivity contribution is 7.15. The molecule has 7 heteroatoms. The lowest BCUT2D eigenvalue weighted by Crippen LogP contribution is -2.30. The largest absolute Gasteiger partial charge is 0.381 e. The zero-order valence-corrected chi connectivity index (χ0v) is 12.9. The number of carbonyl (C=O) groups excluding carboxylic acids is 1. The van der Waals surface area contributed by atoms with Crippen LogP contribution in [0.15, 0.2) is 0 Å². The van der Waals surface area contributed by atoms with Gasteiger partial charge in [0.15, 0.2) is 5.13 Å². The molecule has 1 aliphatic heterocycles. The Kier molecular flexibility index (Phi) is 5.37. The predicted octanol–water partition coefficient (Wildman–Crippen LogP) is 1.75. The molecule has 1 amide bonds. The van der Waals surface area contributed by atoms with Crippen LogP contribution in [-0.4, -0.2) is 30.1 Å². The second-order valence-electron chi connectivity index (χ2n) is 5.30. The first-order valence-corrected chi connectivity index (χ1v) is 7.67. The van der Waals surface area contributed by atoms with Gasteiger partial charge in [0.25, 0.3) is 0 Å². The second-order valence-corrected chi connectivity index (χ2v) is 6.38. The van der Waals surface area contributed by atoms with Gasteiger partial charge < -0.3 is 15.8 Å². The van der Waals surface area contributed by atoms with Crippen molar-refractivity contribution < 1.29 is 9.53 Å². The number of aromatic nitrogens is 1. The molecule has 2 heterocycles. The number of aryl methyl sites for hydroxylation is 1. The molecule has 1 fully saturated rings. The van der Waals surface area contributed by atoms with E-state index in [0.29, 0.717) is 6.61 Å². The highest BCUT2D eigenvalue weighted by Crippen LogP contribution is 2.29. The number of fused-ring (bicyclic) bond motifs is 1. The summed E-state index contributed by atoms with van der Waals surface area (Å²) in [5.41, 5.74) is 7.06. The molecular weight excluding hydrogens is 298 g/mol. The van der Waals surface area contributed by atoms with Crippen LogP contribution >= 0.6 is 23.7 Å². The minimum absolute atomic E-state index is 0.